The first kappa shape index (κ1) is 18.7. The zero-order valence-electron chi connectivity index (χ0n) is 14.3. The molecule has 0 spiro atoms. The second-order valence-corrected chi connectivity index (χ2v) is 6.45. The molecular weight excluding hydrogens is 374 g/mol. The van der Waals surface area contributed by atoms with Crippen molar-refractivity contribution in [2.24, 2.45) is 0 Å². The molecule has 2 aromatic carbocycles. The minimum absolute atomic E-state index is 0.0400. The van der Waals surface area contributed by atoms with Gasteiger partial charge in [-0.3, -0.25) is 19.7 Å². The number of nitro groups is 1. The number of halogens is 1. The molecule has 0 aliphatic carbocycles. The van der Waals surface area contributed by atoms with Gasteiger partial charge < -0.3 is 15.0 Å². The van der Waals surface area contributed by atoms with Crippen molar-refractivity contribution in [3.63, 3.8) is 0 Å². The van der Waals surface area contributed by atoms with Crippen molar-refractivity contribution in [1.82, 2.24) is 0 Å². The molecule has 0 aromatic heterocycles. The molecule has 0 bridgehead atoms. The van der Waals surface area contributed by atoms with Crippen LogP contribution in [0.15, 0.2) is 42.5 Å². The highest BCUT2D eigenvalue weighted by Crippen LogP contribution is 2.32. The van der Waals surface area contributed by atoms with E-state index < -0.39 is 4.92 Å². The molecule has 0 saturated heterocycles. The van der Waals surface area contributed by atoms with E-state index in [-0.39, 0.29) is 47.3 Å². The first-order valence-electron chi connectivity index (χ1n) is 8.14. The van der Waals surface area contributed by atoms with Crippen LogP contribution in [-0.4, -0.2) is 29.4 Å². The summed E-state index contributed by atoms with van der Waals surface area (Å²) in [6, 6.07) is 10.4. The number of carbonyl (C=O) groups excluding carboxylic acids is 2. The quantitative estimate of drug-likeness (QED) is 0.637. The summed E-state index contributed by atoms with van der Waals surface area (Å²) in [5, 5.41) is 13.6. The number of hydrogen-bond acceptors (Lipinski definition) is 5. The lowest BCUT2D eigenvalue weighted by Crippen LogP contribution is -2.41. The van der Waals surface area contributed by atoms with Crippen LogP contribution in [0, 0.1) is 10.1 Å². The number of nitrogens with zero attached hydrogens (tertiary/aromatic N) is 2. The Morgan fingerprint density at radius 1 is 1.37 bits per heavy atom. The Labute approximate surface area is 159 Å². The SMILES string of the molecule is C[C@@H]1CC(=O)Nc2ccccc2N1C(=O)COc1ccc([N+](=O)[O-])cc1Cl. The highest BCUT2D eigenvalue weighted by atomic mass is 35.5. The number of fused-ring (bicyclic) bond motifs is 1. The summed E-state index contributed by atoms with van der Waals surface area (Å²) >= 11 is 5.99. The molecule has 27 heavy (non-hydrogen) atoms. The normalized spacial score (nSPS) is 16.1. The molecule has 1 aliphatic heterocycles. The van der Waals surface area contributed by atoms with E-state index in [1.165, 1.54) is 17.0 Å². The van der Waals surface area contributed by atoms with Gasteiger partial charge in [-0.05, 0) is 25.1 Å². The first-order valence-corrected chi connectivity index (χ1v) is 8.52. The number of nitro benzene ring substituents is 1. The highest BCUT2D eigenvalue weighted by Gasteiger charge is 2.29. The van der Waals surface area contributed by atoms with Gasteiger partial charge in [0, 0.05) is 24.6 Å². The summed E-state index contributed by atoms with van der Waals surface area (Å²) < 4.78 is 5.47. The molecule has 2 amide bonds. The fourth-order valence-electron chi connectivity index (χ4n) is 2.90. The molecule has 1 aliphatic rings. The number of ether oxygens (including phenoxy) is 1. The maximum absolute atomic E-state index is 12.8. The molecule has 1 N–H and O–H groups in total. The molecule has 3 rings (SSSR count). The average Bonchev–Trinajstić information content (AvgIpc) is 2.74. The number of carbonyl (C=O) groups is 2. The second-order valence-electron chi connectivity index (χ2n) is 6.04. The van der Waals surface area contributed by atoms with Gasteiger partial charge in [-0.1, -0.05) is 23.7 Å². The lowest BCUT2D eigenvalue weighted by Gasteiger charge is -2.27. The smallest absolute Gasteiger partial charge is 0.271 e. The van der Waals surface area contributed by atoms with Crippen LogP contribution >= 0.6 is 11.6 Å². The molecule has 8 nitrogen and oxygen atoms in total. The molecule has 0 saturated carbocycles. The van der Waals surface area contributed by atoms with Crippen molar-refractivity contribution < 1.29 is 19.2 Å². The summed E-state index contributed by atoms with van der Waals surface area (Å²) in [7, 11) is 0. The number of rotatable bonds is 4. The van der Waals surface area contributed by atoms with Gasteiger partial charge in [0.25, 0.3) is 11.6 Å². The third kappa shape index (κ3) is 4.01. The third-order valence-electron chi connectivity index (χ3n) is 4.11. The highest BCUT2D eigenvalue weighted by molar-refractivity contribution is 6.32. The van der Waals surface area contributed by atoms with Gasteiger partial charge in [0.05, 0.1) is 21.3 Å². The second kappa shape index (κ2) is 7.63. The number of benzene rings is 2. The van der Waals surface area contributed by atoms with Gasteiger partial charge >= 0.3 is 0 Å². The topological polar surface area (TPSA) is 102 Å². The lowest BCUT2D eigenvalue weighted by atomic mass is 10.1. The molecule has 140 valence electrons. The minimum atomic E-state index is -0.569. The fraction of sp³-hybridized carbons (Fsp3) is 0.222. The van der Waals surface area contributed by atoms with Crippen LogP contribution < -0.4 is 15.0 Å². The van der Waals surface area contributed by atoms with Crippen LogP contribution in [0.1, 0.15) is 13.3 Å². The van der Waals surface area contributed by atoms with E-state index in [4.69, 9.17) is 16.3 Å². The van der Waals surface area contributed by atoms with E-state index in [2.05, 4.69) is 5.32 Å². The Morgan fingerprint density at radius 2 is 2.11 bits per heavy atom. The van der Waals surface area contributed by atoms with Crippen molar-refractivity contribution in [2.45, 2.75) is 19.4 Å². The summed E-state index contributed by atoms with van der Waals surface area (Å²) in [5.41, 5.74) is 0.964. The van der Waals surface area contributed by atoms with Gasteiger partial charge in [-0.15, -0.1) is 0 Å². The van der Waals surface area contributed by atoms with Crippen LogP contribution in [0.2, 0.25) is 5.02 Å². The first-order chi connectivity index (χ1) is 12.9. The van der Waals surface area contributed by atoms with Crippen molar-refractivity contribution in [2.75, 3.05) is 16.8 Å². The Morgan fingerprint density at radius 3 is 2.81 bits per heavy atom. The predicted octanol–water partition coefficient (Wildman–Crippen LogP) is 3.39. The van der Waals surface area contributed by atoms with Crippen molar-refractivity contribution in [3.05, 3.63) is 57.6 Å². The summed E-state index contributed by atoms with van der Waals surface area (Å²) in [6.07, 6.45) is 0.151. The van der Waals surface area contributed by atoms with Crippen molar-refractivity contribution in [3.8, 4) is 5.75 Å². The zero-order valence-corrected chi connectivity index (χ0v) is 15.1. The number of para-hydroxylation sites is 2. The monoisotopic (exact) mass is 389 g/mol. The van der Waals surface area contributed by atoms with E-state index in [1.54, 1.807) is 31.2 Å². The van der Waals surface area contributed by atoms with Crippen LogP contribution in [0.5, 0.6) is 5.75 Å². The molecular formula is C18H16ClN3O5. The standard InChI is InChI=1S/C18H16ClN3O5/c1-11-8-17(23)20-14-4-2-3-5-15(14)21(11)18(24)10-27-16-7-6-12(22(25)26)9-13(16)19/h2-7,9,11H,8,10H2,1H3,(H,20,23)/t11-/m1/s1. The van der Waals surface area contributed by atoms with Gasteiger partial charge in [0.15, 0.2) is 6.61 Å². The van der Waals surface area contributed by atoms with Crippen LogP contribution in [0.3, 0.4) is 0 Å². The van der Waals surface area contributed by atoms with Gasteiger partial charge in [-0.2, -0.15) is 0 Å². The number of amides is 2. The maximum Gasteiger partial charge on any atom is 0.271 e. The number of nitrogens with one attached hydrogen (secondary N) is 1. The van der Waals surface area contributed by atoms with Crippen LogP contribution in [0.25, 0.3) is 0 Å². The number of anilines is 2. The molecule has 2 aromatic rings. The van der Waals surface area contributed by atoms with Gasteiger partial charge in [0.1, 0.15) is 5.75 Å². The predicted molar refractivity (Wildman–Crippen MR) is 100 cm³/mol. The zero-order chi connectivity index (χ0) is 19.6. The van der Waals surface area contributed by atoms with Crippen LogP contribution in [-0.2, 0) is 9.59 Å². The average molecular weight is 390 g/mol. The maximum atomic E-state index is 12.8. The largest absolute Gasteiger partial charge is 0.482 e. The Hall–Kier alpha value is -3.13. The molecule has 0 radical (unpaired) electrons. The van der Waals surface area contributed by atoms with Crippen LogP contribution in [0.4, 0.5) is 17.1 Å². The number of hydrogen-bond donors (Lipinski definition) is 1. The summed E-state index contributed by atoms with van der Waals surface area (Å²) in [6.45, 7) is 1.45. The fourth-order valence-corrected chi connectivity index (χ4v) is 3.13. The molecule has 1 atom stereocenters. The van der Waals surface area contributed by atoms with E-state index in [0.717, 1.165) is 6.07 Å². The lowest BCUT2D eigenvalue weighted by molar-refractivity contribution is -0.384. The third-order valence-corrected chi connectivity index (χ3v) is 4.40. The minimum Gasteiger partial charge on any atom is -0.482 e. The summed E-state index contributed by atoms with van der Waals surface area (Å²) in [5.74, 6) is -0.369. The van der Waals surface area contributed by atoms with E-state index in [1.807, 2.05) is 0 Å². The molecule has 0 unspecified atom stereocenters. The van der Waals surface area contributed by atoms with Gasteiger partial charge in [0.2, 0.25) is 5.91 Å². The Kier molecular flexibility index (Phi) is 5.27. The van der Waals surface area contributed by atoms with Crippen molar-refractivity contribution in [1.29, 1.82) is 0 Å². The Balaban J connectivity index is 1.79. The molecule has 0 fully saturated rings. The summed E-state index contributed by atoms with van der Waals surface area (Å²) in [4.78, 5) is 36.5. The van der Waals surface area contributed by atoms with Gasteiger partial charge in [-0.25, -0.2) is 0 Å². The molecule has 9 heteroatoms. The van der Waals surface area contributed by atoms with E-state index in [0.29, 0.717) is 11.4 Å². The molecule has 1 heterocycles. The van der Waals surface area contributed by atoms with E-state index >= 15 is 0 Å². The van der Waals surface area contributed by atoms with E-state index in [9.17, 15) is 19.7 Å². The number of non-ortho nitro benzene ring substituents is 1. The Bertz CT molecular complexity index is 918. The van der Waals surface area contributed by atoms with Crippen molar-refractivity contribution >= 4 is 40.5 Å².